The summed E-state index contributed by atoms with van der Waals surface area (Å²) in [5.41, 5.74) is 1.29. The number of carbonyl (C=O) groups is 3. The molecule has 1 aliphatic rings. The predicted octanol–water partition coefficient (Wildman–Crippen LogP) is 3.18. The van der Waals surface area contributed by atoms with Crippen LogP contribution in [0, 0.1) is 5.41 Å². The van der Waals surface area contributed by atoms with E-state index < -0.39 is 17.5 Å². The van der Waals surface area contributed by atoms with Gasteiger partial charge in [-0.3, -0.25) is 14.4 Å². The van der Waals surface area contributed by atoms with Crippen LogP contribution in [-0.2, 0) is 32.0 Å². The number of likely N-dealkylation sites (N-methyl/N-ethyl adjacent to an activating group) is 2. The summed E-state index contributed by atoms with van der Waals surface area (Å²) in [6.45, 7) is 5.13. The van der Waals surface area contributed by atoms with Gasteiger partial charge in [-0.15, -0.1) is 0 Å². The summed E-state index contributed by atoms with van der Waals surface area (Å²) in [6.07, 6.45) is 2.67. The Bertz CT molecular complexity index is 1420. The Kier molecular flexibility index (Phi) is 12.1. The van der Waals surface area contributed by atoms with Gasteiger partial charge < -0.3 is 30.3 Å². The standard InChI is InChI=1S/C36H48N4O5/c1-36(2,25-41)24-38-34(43)31(20-26-11-6-5-7-12-26)40(4)35(44)32(21-27-16-17-28-13-8-9-14-29(28)19-27)39(3)33(42)23-45-22-30-15-10-18-37-30/h5-9,11-14,16-17,19,30-32,37,41H,10,15,18,20-25H2,1-4H3,(H,38,43)/t30-,31-,32-/m1/s1. The van der Waals surface area contributed by atoms with Gasteiger partial charge >= 0.3 is 0 Å². The van der Waals surface area contributed by atoms with Crippen LogP contribution in [0.5, 0.6) is 0 Å². The number of aliphatic hydroxyl groups is 1. The predicted molar refractivity (Wildman–Crippen MR) is 177 cm³/mol. The Balaban J connectivity index is 1.58. The number of rotatable bonds is 15. The third kappa shape index (κ3) is 9.60. The number of hydrogen-bond donors (Lipinski definition) is 3. The van der Waals surface area contributed by atoms with Crippen molar-refractivity contribution in [3.8, 4) is 0 Å². The normalized spacial score (nSPS) is 16.2. The lowest BCUT2D eigenvalue weighted by atomic mass is 9.94. The van der Waals surface area contributed by atoms with Gasteiger partial charge in [-0.05, 0) is 41.3 Å². The van der Waals surface area contributed by atoms with E-state index >= 15 is 0 Å². The molecular weight excluding hydrogens is 568 g/mol. The van der Waals surface area contributed by atoms with Crippen LogP contribution in [0.15, 0.2) is 72.8 Å². The molecule has 1 aliphatic heterocycles. The third-order valence-corrected chi connectivity index (χ3v) is 8.65. The van der Waals surface area contributed by atoms with Crippen LogP contribution in [0.25, 0.3) is 10.8 Å². The second-order valence-electron chi connectivity index (χ2n) is 12.9. The number of hydrogen-bond acceptors (Lipinski definition) is 6. The summed E-state index contributed by atoms with van der Waals surface area (Å²) in [7, 11) is 3.26. The molecule has 3 amide bonds. The fourth-order valence-electron chi connectivity index (χ4n) is 5.57. The third-order valence-electron chi connectivity index (χ3n) is 8.65. The van der Waals surface area contributed by atoms with Crippen molar-refractivity contribution in [2.24, 2.45) is 5.41 Å². The molecule has 242 valence electrons. The van der Waals surface area contributed by atoms with Crippen molar-refractivity contribution in [2.45, 2.75) is 57.7 Å². The first-order valence-corrected chi connectivity index (χ1v) is 15.8. The van der Waals surface area contributed by atoms with E-state index in [1.54, 1.807) is 14.1 Å². The van der Waals surface area contributed by atoms with Gasteiger partial charge in [0, 0.05) is 51.5 Å². The average molecular weight is 617 g/mol. The molecular formula is C36H48N4O5. The number of benzene rings is 3. The molecule has 1 saturated heterocycles. The first-order chi connectivity index (χ1) is 21.6. The number of carbonyl (C=O) groups excluding carboxylic acids is 3. The number of ether oxygens (including phenoxy) is 1. The zero-order valence-corrected chi connectivity index (χ0v) is 27.0. The largest absolute Gasteiger partial charge is 0.396 e. The minimum atomic E-state index is -0.864. The van der Waals surface area contributed by atoms with Crippen molar-refractivity contribution in [3.63, 3.8) is 0 Å². The molecule has 0 spiro atoms. The Morgan fingerprint density at radius 1 is 0.933 bits per heavy atom. The Labute approximate surface area is 266 Å². The lowest BCUT2D eigenvalue weighted by Crippen LogP contribution is -2.57. The maximum absolute atomic E-state index is 14.4. The number of aliphatic hydroxyl groups excluding tert-OH is 1. The van der Waals surface area contributed by atoms with E-state index in [-0.39, 0.29) is 49.9 Å². The highest BCUT2D eigenvalue weighted by molar-refractivity contribution is 5.92. The molecule has 1 heterocycles. The minimum Gasteiger partial charge on any atom is -0.396 e. The topological polar surface area (TPSA) is 111 Å². The molecule has 4 rings (SSSR count). The van der Waals surface area contributed by atoms with Gasteiger partial charge in [0.15, 0.2) is 0 Å². The number of fused-ring (bicyclic) bond motifs is 1. The second-order valence-corrected chi connectivity index (χ2v) is 12.9. The minimum absolute atomic E-state index is 0.0922. The fraction of sp³-hybridized carbons (Fsp3) is 0.472. The molecule has 3 N–H and O–H groups in total. The maximum Gasteiger partial charge on any atom is 0.249 e. The van der Waals surface area contributed by atoms with Gasteiger partial charge in [0.25, 0.3) is 0 Å². The summed E-state index contributed by atoms with van der Waals surface area (Å²) < 4.78 is 5.77. The van der Waals surface area contributed by atoms with Gasteiger partial charge in [-0.25, -0.2) is 0 Å². The molecule has 45 heavy (non-hydrogen) atoms. The first kappa shape index (κ1) is 34.1. The van der Waals surface area contributed by atoms with Crippen molar-refractivity contribution < 1.29 is 24.2 Å². The SMILES string of the molecule is CN(C(=O)COC[C@H]1CCCN1)[C@H](Cc1ccc2ccccc2c1)C(=O)N(C)[C@H](Cc1ccccc1)C(=O)NCC(C)(C)CO. The lowest BCUT2D eigenvalue weighted by Gasteiger charge is -2.35. The summed E-state index contributed by atoms with van der Waals surface area (Å²) in [5, 5.41) is 18.2. The summed E-state index contributed by atoms with van der Waals surface area (Å²) >= 11 is 0. The zero-order chi connectivity index (χ0) is 32.4. The van der Waals surface area contributed by atoms with Crippen LogP contribution in [-0.4, -0.2) is 97.8 Å². The molecule has 3 aromatic rings. The van der Waals surface area contributed by atoms with Crippen LogP contribution in [0.1, 0.15) is 37.8 Å². The summed E-state index contributed by atoms with van der Waals surface area (Å²) in [5.74, 6) is -0.953. The van der Waals surface area contributed by atoms with Gasteiger partial charge in [0.2, 0.25) is 17.7 Å². The van der Waals surface area contributed by atoms with E-state index in [0.29, 0.717) is 13.0 Å². The van der Waals surface area contributed by atoms with E-state index in [2.05, 4.69) is 10.6 Å². The summed E-state index contributed by atoms with van der Waals surface area (Å²) in [4.78, 5) is 44.4. The number of nitrogens with zero attached hydrogens (tertiary/aromatic N) is 2. The molecule has 0 radical (unpaired) electrons. The van der Waals surface area contributed by atoms with E-state index in [4.69, 9.17) is 4.74 Å². The fourth-order valence-corrected chi connectivity index (χ4v) is 5.57. The number of nitrogens with one attached hydrogen (secondary N) is 2. The smallest absolute Gasteiger partial charge is 0.249 e. The molecule has 0 aromatic heterocycles. The van der Waals surface area contributed by atoms with E-state index in [1.165, 1.54) is 9.80 Å². The van der Waals surface area contributed by atoms with E-state index in [1.807, 2.05) is 86.6 Å². The maximum atomic E-state index is 14.4. The van der Waals surface area contributed by atoms with Crippen molar-refractivity contribution in [1.29, 1.82) is 0 Å². The second kappa shape index (κ2) is 16.0. The van der Waals surface area contributed by atoms with Gasteiger partial charge in [-0.2, -0.15) is 0 Å². The monoisotopic (exact) mass is 616 g/mol. The molecule has 0 unspecified atom stereocenters. The van der Waals surface area contributed by atoms with Crippen LogP contribution < -0.4 is 10.6 Å². The van der Waals surface area contributed by atoms with Crippen molar-refractivity contribution in [1.82, 2.24) is 20.4 Å². The number of amides is 3. The molecule has 9 nitrogen and oxygen atoms in total. The van der Waals surface area contributed by atoms with Gasteiger partial charge in [0.1, 0.15) is 18.7 Å². The molecule has 9 heteroatoms. The lowest BCUT2D eigenvalue weighted by molar-refractivity contribution is -0.149. The van der Waals surface area contributed by atoms with Crippen molar-refractivity contribution in [3.05, 3.63) is 83.9 Å². The highest BCUT2D eigenvalue weighted by atomic mass is 16.5. The highest BCUT2D eigenvalue weighted by Gasteiger charge is 2.35. The molecule has 0 aliphatic carbocycles. The molecule has 3 atom stereocenters. The quantitative estimate of drug-likeness (QED) is 0.242. The van der Waals surface area contributed by atoms with Crippen molar-refractivity contribution in [2.75, 3.05) is 47.0 Å². The van der Waals surface area contributed by atoms with Crippen LogP contribution >= 0.6 is 0 Å². The van der Waals surface area contributed by atoms with Crippen LogP contribution in [0.2, 0.25) is 0 Å². The molecule has 3 aromatic carbocycles. The highest BCUT2D eigenvalue weighted by Crippen LogP contribution is 2.20. The van der Waals surface area contributed by atoms with Gasteiger partial charge in [-0.1, -0.05) is 86.6 Å². The molecule has 1 fully saturated rings. The Morgan fingerprint density at radius 3 is 2.31 bits per heavy atom. The Morgan fingerprint density at radius 2 is 1.62 bits per heavy atom. The Hall–Kier alpha value is -3.79. The average Bonchev–Trinajstić information content (AvgIpc) is 3.58. The first-order valence-electron chi connectivity index (χ1n) is 15.8. The van der Waals surface area contributed by atoms with E-state index in [0.717, 1.165) is 41.3 Å². The van der Waals surface area contributed by atoms with E-state index in [9.17, 15) is 19.5 Å². The molecule has 0 saturated carbocycles. The van der Waals surface area contributed by atoms with Crippen molar-refractivity contribution >= 4 is 28.5 Å². The van der Waals surface area contributed by atoms with Gasteiger partial charge in [0.05, 0.1) is 6.61 Å². The molecule has 0 bridgehead atoms. The van der Waals surface area contributed by atoms with Crippen LogP contribution in [0.3, 0.4) is 0 Å². The van der Waals surface area contributed by atoms with Crippen LogP contribution in [0.4, 0.5) is 0 Å². The summed E-state index contributed by atoms with van der Waals surface area (Å²) in [6, 6.07) is 22.1. The zero-order valence-electron chi connectivity index (χ0n) is 27.0.